The minimum Gasteiger partial charge on any atom is -0.447 e. The lowest BCUT2D eigenvalue weighted by molar-refractivity contribution is 0.166. The molecular formula is C12H13NO2. The minimum atomic E-state index is -0.300. The van der Waals surface area contributed by atoms with Crippen molar-refractivity contribution in [1.29, 1.82) is 0 Å². The Morgan fingerprint density at radius 3 is 2.87 bits per heavy atom. The molecule has 2 rings (SSSR count). The lowest BCUT2D eigenvalue weighted by Crippen LogP contribution is -2.29. The predicted molar refractivity (Wildman–Crippen MR) is 57.3 cm³/mol. The van der Waals surface area contributed by atoms with Gasteiger partial charge in [0.15, 0.2) is 0 Å². The highest BCUT2D eigenvalue weighted by Crippen LogP contribution is 2.16. The van der Waals surface area contributed by atoms with Gasteiger partial charge in [0.2, 0.25) is 0 Å². The first-order valence-electron chi connectivity index (χ1n) is 4.93. The summed E-state index contributed by atoms with van der Waals surface area (Å²) in [6.07, 6.45) is 2.03. The van der Waals surface area contributed by atoms with Gasteiger partial charge in [-0.1, -0.05) is 36.9 Å². The molecule has 3 heteroatoms. The Hall–Kier alpha value is -1.77. The molecular weight excluding hydrogens is 190 g/mol. The van der Waals surface area contributed by atoms with Crippen LogP contribution >= 0.6 is 0 Å². The fourth-order valence-corrected chi connectivity index (χ4v) is 1.74. The average molecular weight is 203 g/mol. The van der Waals surface area contributed by atoms with Crippen molar-refractivity contribution in [3.63, 3.8) is 0 Å². The molecule has 0 unspecified atom stereocenters. The largest absolute Gasteiger partial charge is 0.447 e. The number of carbonyl (C=O) groups excluding carboxylic acids is 1. The lowest BCUT2D eigenvalue weighted by Gasteiger charge is -2.16. The van der Waals surface area contributed by atoms with Crippen LogP contribution in [0, 0.1) is 0 Å². The van der Waals surface area contributed by atoms with E-state index in [9.17, 15) is 4.79 Å². The molecule has 0 aliphatic carbocycles. The molecule has 1 heterocycles. The third-order valence-corrected chi connectivity index (χ3v) is 2.51. The van der Waals surface area contributed by atoms with Gasteiger partial charge in [0.1, 0.15) is 6.61 Å². The van der Waals surface area contributed by atoms with Crippen LogP contribution in [0.15, 0.2) is 43.1 Å². The van der Waals surface area contributed by atoms with Crippen molar-refractivity contribution >= 4 is 6.09 Å². The Bertz CT molecular complexity index is 361. The molecule has 15 heavy (non-hydrogen) atoms. The second-order valence-electron chi connectivity index (χ2n) is 3.51. The lowest BCUT2D eigenvalue weighted by atomic mass is 10.1. The predicted octanol–water partition coefficient (Wildman–Crippen LogP) is 2.19. The molecule has 0 bridgehead atoms. The van der Waals surface area contributed by atoms with Gasteiger partial charge in [-0.15, -0.1) is 0 Å². The van der Waals surface area contributed by atoms with Crippen LogP contribution in [0.1, 0.15) is 5.56 Å². The van der Waals surface area contributed by atoms with Gasteiger partial charge in [-0.25, -0.2) is 4.79 Å². The first-order chi connectivity index (χ1) is 7.31. The van der Waals surface area contributed by atoms with Crippen molar-refractivity contribution in [1.82, 2.24) is 4.90 Å². The molecule has 1 aromatic carbocycles. The number of cyclic esters (lactones) is 1. The van der Waals surface area contributed by atoms with Gasteiger partial charge in [-0.2, -0.15) is 0 Å². The number of hydrogen-bond donors (Lipinski definition) is 0. The van der Waals surface area contributed by atoms with Crippen LogP contribution < -0.4 is 0 Å². The van der Waals surface area contributed by atoms with Crippen molar-refractivity contribution in [2.24, 2.45) is 0 Å². The Morgan fingerprint density at radius 2 is 2.20 bits per heavy atom. The standard InChI is InChI=1S/C12H13NO2/c1-2-13-11(9-15-12(13)14)8-10-6-4-3-5-7-10/h2-7,11H,1,8-9H2/t11-/m1/s1. The topological polar surface area (TPSA) is 29.5 Å². The summed E-state index contributed by atoms with van der Waals surface area (Å²) in [7, 11) is 0. The van der Waals surface area contributed by atoms with E-state index in [1.807, 2.05) is 30.3 Å². The molecule has 0 aromatic heterocycles. The first kappa shape index (κ1) is 9.77. The van der Waals surface area contributed by atoms with Gasteiger partial charge in [-0.3, -0.25) is 4.90 Å². The van der Waals surface area contributed by atoms with Crippen LogP contribution in [0.5, 0.6) is 0 Å². The first-order valence-corrected chi connectivity index (χ1v) is 4.93. The summed E-state index contributed by atoms with van der Waals surface area (Å²) < 4.78 is 4.96. The molecule has 0 N–H and O–H groups in total. The molecule has 1 aliphatic rings. The summed E-state index contributed by atoms with van der Waals surface area (Å²) in [6.45, 7) is 4.05. The number of amides is 1. The third kappa shape index (κ3) is 2.01. The average Bonchev–Trinajstić information content (AvgIpc) is 2.61. The quantitative estimate of drug-likeness (QED) is 0.753. The van der Waals surface area contributed by atoms with E-state index >= 15 is 0 Å². The molecule has 0 spiro atoms. The van der Waals surface area contributed by atoms with E-state index in [1.165, 1.54) is 11.8 Å². The zero-order chi connectivity index (χ0) is 10.7. The maximum Gasteiger partial charge on any atom is 0.414 e. The van der Waals surface area contributed by atoms with Crippen molar-refractivity contribution in [2.75, 3.05) is 6.61 Å². The van der Waals surface area contributed by atoms with Crippen LogP contribution in [0.4, 0.5) is 4.79 Å². The minimum absolute atomic E-state index is 0.0809. The van der Waals surface area contributed by atoms with Gasteiger partial charge in [0, 0.05) is 6.20 Å². The summed E-state index contributed by atoms with van der Waals surface area (Å²) in [5, 5.41) is 0. The molecule has 1 amide bonds. The van der Waals surface area contributed by atoms with Crippen LogP contribution in [-0.2, 0) is 11.2 Å². The van der Waals surface area contributed by atoms with Crippen LogP contribution in [0.3, 0.4) is 0 Å². The van der Waals surface area contributed by atoms with Gasteiger partial charge < -0.3 is 4.74 Å². The molecule has 0 radical (unpaired) electrons. The monoisotopic (exact) mass is 203 g/mol. The molecule has 1 atom stereocenters. The summed E-state index contributed by atoms with van der Waals surface area (Å²) in [6, 6.07) is 10.1. The van der Waals surface area contributed by atoms with Crippen molar-refractivity contribution in [2.45, 2.75) is 12.5 Å². The van der Waals surface area contributed by atoms with E-state index in [0.29, 0.717) is 6.61 Å². The zero-order valence-electron chi connectivity index (χ0n) is 8.43. The molecule has 1 fully saturated rings. The smallest absolute Gasteiger partial charge is 0.414 e. The van der Waals surface area contributed by atoms with E-state index < -0.39 is 0 Å². The van der Waals surface area contributed by atoms with Crippen molar-refractivity contribution < 1.29 is 9.53 Å². The Labute approximate surface area is 89.0 Å². The molecule has 78 valence electrons. The van der Waals surface area contributed by atoms with Crippen LogP contribution in [0.25, 0.3) is 0 Å². The number of hydrogen-bond acceptors (Lipinski definition) is 2. The molecule has 0 saturated carbocycles. The number of benzene rings is 1. The summed E-state index contributed by atoms with van der Waals surface area (Å²) in [5.74, 6) is 0. The Balaban J connectivity index is 2.07. The van der Waals surface area contributed by atoms with Gasteiger partial charge in [0.05, 0.1) is 6.04 Å². The van der Waals surface area contributed by atoms with Crippen molar-refractivity contribution in [3.05, 3.63) is 48.7 Å². The van der Waals surface area contributed by atoms with E-state index in [2.05, 4.69) is 6.58 Å². The highest BCUT2D eigenvalue weighted by atomic mass is 16.6. The fourth-order valence-electron chi connectivity index (χ4n) is 1.74. The number of carbonyl (C=O) groups is 1. The number of nitrogens with zero attached hydrogens (tertiary/aromatic N) is 1. The van der Waals surface area contributed by atoms with E-state index in [1.54, 1.807) is 4.90 Å². The zero-order valence-corrected chi connectivity index (χ0v) is 8.43. The molecule has 1 saturated heterocycles. The van der Waals surface area contributed by atoms with E-state index in [4.69, 9.17) is 4.74 Å². The van der Waals surface area contributed by atoms with E-state index in [-0.39, 0.29) is 12.1 Å². The highest BCUT2D eigenvalue weighted by Gasteiger charge is 2.30. The fraction of sp³-hybridized carbons (Fsp3) is 0.250. The molecule has 1 aliphatic heterocycles. The number of rotatable bonds is 3. The maximum atomic E-state index is 11.2. The van der Waals surface area contributed by atoms with Gasteiger partial charge in [0.25, 0.3) is 0 Å². The Kier molecular flexibility index (Phi) is 2.72. The Morgan fingerprint density at radius 1 is 1.47 bits per heavy atom. The number of ether oxygens (including phenoxy) is 1. The van der Waals surface area contributed by atoms with Gasteiger partial charge >= 0.3 is 6.09 Å². The van der Waals surface area contributed by atoms with E-state index in [0.717, 1.165) is 6.42 Å². The van der Waals surface area contributed by atoms with Crippen LogP contribution in [0.2, 0.25) is 0 Å². The second kappa shape index (κ2) is 4.17. The van der Waals surface area contributed by atoms with Crippen LogP contribution in [-0.4, -0.2) is 23.6 Å². The maximum absolute atomic E-state index is 11.2. The van der Waals surface area contributed by atoms with Gasteiger partial charge in [-0.05, 0) is 12.0 Å². The second-order valence-corrected chi connectivity index (χ2v) is 3.51. The third-order valence-electron chi connectivity index (χ3n) is 2.51. The normalized spacial score (nSPS) is 20.1. The SMILES string of the molecule is C=CN1C(=O)OC[C@H]1Cc1ccccc1. The molecule has 3 nitrogen and oxygen atoms in total. The molecule has 1 aromatic rings. The summed E-state index contributed by atoms with van der Waals surface area (Å²) in [4.78, 5) is 12.8. The summed E-state index contributed by atoms with van der Waals surface area (Å²) in [5.41, 5.74) is 1.20. The summed E-state index contributed by atoms with van der Waals surface area (Å²) >= 11 is 0. The highest BCUT2D eigenvalue weighted by molar-refractivity contribution is 5.71. The van der Waals surface area contributed by atoms with Crippen molar-refractivity contribution in [3.8, 4) is 0 Å².